The van der Waals surface area contributed by atoms with Crippen LogP contribution >= 0.6 is 11.8 Å². The molecule has 2 aromatic carbocycles. The van der Waals surface area contributed by atoms with Gasteiger partial charge >= 0.3 is 0 Å². The first kappa shape index (κ1) is 10.9. The van der Waals surface area contributed by atoms with Crippen molar-refractivity contribution in [2.24, 2.45) is 0 Å². The third kappa shape index (κ3) is 1.71. The van der Waals surface area contributed by atoms with E-state index in [0.29, 0.717) is 5.69 Å². The standard InChI is InChI=1S/C15H12N2OS/c16-9-5-6-12-13(7-9)18-15(17-12)11-8-19-14-4-2-1-3-10(11)14/h1-7,11H,8,16H2. The molecule has 0 saturated heterocycles. The topological polar surface area (TPSA) is 52.0 Å². The Bertz CT molecular complexity index is 766. The number of nitrogens with two attached hydrogens (primary N) is 1. The highest BCUT2D eigenvalue weighted by atomic mass is 32.2. The van der Waals surface area contributed by atoms with Crippen LogP contribution in [0.1, 0.15) is 17.4 Å². The number of fused-ring (bicyclic) bond motifs is 2. The van der Waals surface area contributed by atoms with Gasteiger partial charge in [0.1, 0.15) is 5.52 Å². The summed E-state index contributed by atoms with van der Waals surface area (Å²) < 4.78 is 5.89. The van der Waals surface area contributed by atoms with Gasteiger partial charge in [-0.25, -0.2) is 4.98 Å². The zero-order valence-corrected chi connectivity index (χ0v) is 11.0. The fraction of sp³-hybridized carbons (Fsp3) is 0.133. The van der Waals surface area contributed by atoms with E-state index >= 15 is 0 Å². The lowest BCUT2D eigenvalue weighted by Gasteiger charge is -2.04. The highest BCUT2D eigenvalue weighted by Crippen LogP contribution is 2.43. The number of nitrogen functional groups attached to an aromatic ring is 1. The predicted octanol–water partition coefficient (Wildman–Crippen LogP) is 3.65. The number of thioether (sulfide) groups is 1. The molecule has 4 rings (SSSR count). The molecule has 2 heterocycles. The summed E-state index contributed by atoms with van der Waals surface area (Å²) >= 11 is 1.86. The molecule has 0 saturated carbocycles. The van der Waals surface area contributed by atoms with Crippen molar-refractivity contribution in [3.05, 3.63) is 53.9 Å². The average Bonchev–Trinajstić information content (AvgIpc) is 3.00. The van der Waals surface area contributed by atoms with Gasteiger partial charge in [0.05, 0.1) is 5.92 Å². The van der Waals surface area contributed by atoms with Gasteiger partial charge < -0.3 is 10.2 Å². The maximum Gasteiger partial charge on any atom is 0.203 e. The normalized spacial score (nSPS) is 17.8. The van der Waals surface area contributed by atoms with Gasteiger partial charge in [-0.15, -0.1) is 11.8 Å². The number of hydrogen-bond donors (Lipinski definition) is 1. The van der Waals surface area contributed by atoms with Crippen LogP contribution in [0.3, 0.4) is 0 Å². The van der Waals surface area contributed by atoms with Gasteiger partial charge in [0.2, 0.25) is 5.89 Å². The molecule has 1 atom stereocenters. The third-order valence-electron chi connectivity index (χ3n) is 3.43. The van der Waals surface area contributed by atoms with E-state index in [9.17, 15) is 0 Å². The SMILES string of the molecule is Nc1ccc2nc(C3CSc4ccccc43)oc2c1. The van der Waals surface area contributed by atoms with Crippen molar-refractivity contribution in [1.82, 2.24) is 4.98 Å². The lowest BCUT2D eigenvalue weighted by molar-refractivity contribution is 0.515. The highest BCUT2D eigenvalue weighted by molar-refractivity contribution is 7.99. The van der Waals surface area contributed by atoms with Crippen molar-refractivity contribution in [2.45, 2.75) is 10.8 Å². The molecule has 0 fully saturated rings. The van der Waals surface area contributed by atoms with E-state index in [1.807, 2.05) is 30.0 Å². The second-order valence-corrected chi connectivity index (χ2v) is 5.74. The Kier molecular flexibility index (Phi) is 2.32. The van der Waals surface area contributed by atoms with Crippen LogP contribution < -0.4 is 5.73 Å². The van der Waals surface area contributed by atoms with E-state index in [4.69, 9.17) is 10.2 Å². The predicted molar refractivity (Wildman–Crippen MR) is 77.4 cm³/mol. The van der Waals surface area contributed by atoms with Crippen LogP contribution in [0.5, 0.6) is 0 Å². The zero-order valence-electron chi connectivity index (χ0n) is 10.2. The molecule has 19 heavy (non-hydrogen) atoms. The molecule has 1 aromatic heterocycles. The number of hydrogen-bond acceptors (Lipinski definition) is 4. The third-order valence-corrected chi connectivity index (χ3v) is 4.61. The monoisotopic (exact) mass is 268 g/mol. The van der Waals surface area contributed by atoms with E-state index < -0.39 is 0 Å². The first-order chi connectivity index (χ1) is 9.31. The van der Waals surface area contributed by atoms with Gasteiger partial charge in [-0.3, -0.25) is 0 Å². The van der Waals surface area contributed by atoms with Crippen molar-refractivity contribution < 1.29 is 4.42 Å². The minimum absolute atomic E-state index is 0.245. The summed E-state index contributed by atoms with van der Waals surface area (Å²) in [5.74, 6) is 2.02. The lowest BCUT2D eigenvalue weighted by atomic mass is 10.0. The summed E-state index contributed by atoms with van der Waals surface area (Å²) in [5, 5.41) is 0. The van der Waals surface area contributed by atoms with E-state index in [2.05, 4.69) is 29.2 Å². The van der Waals surface area contributed by atoms with Crippen molar-refractivity contribution in [3.8, 4) is 0 Å². The molecule has 1 unspecified atom stereocenters. The first-order valence-electron chi connectivity index (χ1n) is 6.19. The van der Waals surface area contributed by atoms with E-state index in [1.165, 1.54) is 10.5 Å². The summed E-state index contributed by atoms with van der Waals surface area (Å²) in [7, 11) is 0. The van der Waals surface area contributed by atoms with Crippen LogP contribution in [0.15, 0.2) is 51.8 Å². The van der Waals surface area contributed by atoms with Gasteiger partial charge in [-0.05, 0) is 23.8 Å². The molecule has 0 radical (unpaired) electrons. The Hall–Kier alpha value is -1.94. The van der Waals surface area contributed by atoms with Crippen LogP contribution in [0, 0.1) is 0 Å². The van der Waals surface area contributed by atoms with Crippen molar-refractivity contribution in [1.29, 1.82) is 0 Å². The minimum Gasteiger partial charge on any atom is -0.440 e. The zero-order chi connectivity index (χ0) is 12.8. The summed E-state index contributed by atoms with van der Waals surface area (Å²) in [6.07, 6.45) is 0. The molecule has 1 aliphatic heterocycles. The Morgan fingerprint density at radius 3 is 3.05 bits per heavy atom. The fourth-order valence-electron chi connectivity index (χ4n) is 2.48. The van der Waals surface area contributed by atoms with Gasteiger partial charge in [-0.2, -0.15) is 0 Å². The van der Waals surface area contributed by atoms with Gasteiger partial charge in [-0.1, -0.05) is 18.2 Å². The van der Waals surface area contributed by atoms with E-state index in [-0.39, 0.29) is 5.92 Å². The van der Waals surface area contributed by atoms with Gasteiger partial charge in [0.15, 0.2) is 5.58 Å². The van der Waals surface area contributed by atoms with Crippen molar-refractivity contribution in [3.63, 3.8) is 0 Å². The van der Waals surface area contributed by atoms with Crippen LogP contribution in [0.4, 0.5) is 5.69 Å². The van der Waals surface area contributed by atoms with E-state index in [0.717, 1.165) is 22.7 Å². The number of benzene rings is 2. The Morgan fingerprint density at radius 1 is 1.21 bits per heavy atom. The summed E-state index contributed by atoms with van der Waals surface area (Å²) in [6.45, 7) is 0. The number of nitrogens with zero attached hydrogens (tertiary/aromatic N) is 1. The maximum absolute atomic E-state index is 5.89. The highest BCUT2D eigenvalue weighted by Gasteiger charge is 2.28. The maximum atomic E-state index is 5.89. The second-order valence-electron chi connectivity index (χ2n) is 4.68. The molecule has 4 heteroatoms. The largest absolute Gasteiger partial charge is 0.440 e. The van der Waals surface area contributed by atoms with Gasteiger partial charge in [0, 0.05) is 22.4 Å². The smallest absolute Gasteiger partial charge is 0.203 e. The van der Waals surface area contributed by atoms with Crippen molar-refractivity contribution in [2.75, 3.05) is 11.5 Å². The molecule has 94 valence electrons. The molecule has 1 aliphatic rings. The quantitative estimate of drug-likeness (QED) is 0.684. The van der Waals surface area contributed by atoms with Crippen LogP contribution in [-0.4, -0.2) is 10.7 Å². The minimum atomic E-state index is 0.245. The first-order valence-corrected chi connectivity index (χ1v) is 7.17. The van der Waals surface area contributed by atoms with Crippen molar-refractivity contribution >= 4 is 28.5 Å². The summed E-state index contributed by atoms with van der Waals surface area (Å²) in [6, 6.07) is 14.0. The molecule has 3 nitrogen and oxygen atoms in total. The number of anilines is 1. The Morgan fingerprint density at radius 2 is 2.11 bits per heavy atom. The van der Waals surface area contributed by atoms with Crippen LogP contribution in [-0.2, 0) is 0 Å². The van der Waals surface area contributed by atoms with Crippen LogP contribution in [0.25, 0.3) is 11.1 Å². The molecule has 2 N–H and O–H groups in total. The number of rotatable bonds is 1. The van der Waals surface area contributed by atoms with Gasteiger partial charge in [0.25, 0.3) is 0 Å². The second kappa shape index (κ2) is 4.03. The molecular formula is C15H12N2OS. The molecule has 0 bridgehead atoms. The summed E-state index contributed by atoms with van der Waals surface area (Å²) in [5.41, 5.74) is 9.43. The average molecular weight is 268 g/mol. The molecule has 0 spiro atoms. The molecule has 0 amide bonds. The molecular weight excluding hydrogens is 256 g/mol. The number of oxazole rings is 1. The number of aromatic nitrogens is 1. The Balaban J connectivity index is 1.83. The van der Waals surface area contributed by atoms with E-state index in [1.54, 1.807) is 0 Å². The Labute approximate surface area is 114 Å². The lowest BCUT2D eigenvalue weighted by Crippen LogP contribution is -1.99. The molecule has 0 aliphatic carbocycles. The fourth-order valence-corrected chi connectivity index (χ4v) is 3.70. The van der Waals surface area contributed by atoms with Crippen LogP contribution in [0.2, 0.25) is 0 Å². The summed E-state index contributed by atoms with van der Waals surface area (Å²) in [4.78, 5) is 5.93. The molecule has 3 aromatic rings.